The molecule has 0 unspecified atom stereocenters. The van der Waals surface area contributed by atoms with Crippen LogP contribution in [0.25, 0.3) is 0 Å². The molecule has 0 heterocycles. The Bertz CT molecular complexity index is 913. The zero-order valence-electron chi connectivity index (χ0n) is 15.0. The van der Waals surface area contributed by atoms with Gasteiger partial charge >= 0.3 is 0 Å². The second kappa shape index (κ2) is 7.23. The van der Waals surface area contributed by atoms with E-state index in [0.717, 1.165) is 0 Å². The zero-order valence-corrected chi connectivity index (χ0v) is 15.0. The van der Waals surface area contributed by atoms with Crippen molar-refractivity contribution in [3.8, 4) is 11.8 Å². The summed E-state index contributed by atoms with van der Waals surface area (Å²) in [5.41, 5.74) is 0.889. The molecule has 0 radical (unpaired) electrons. The van der Waals surface area contributed by atoms with Gasteiger partial charge in [-0.05, 0) is 50.6 Å². The Kier molecular flexibility index (Phi) is 5.27. The van der Waals surface area contributed by atoms with Gasteiger partial charge in [-0.2, -0.15) is 5.26 Å². The van der Waals surface area contributed by atoms with Gasteiger partial charge in [0.15, 0.2) is 0 Å². The van der Waals surface area contributed by atoms with Crippen LogP contribution in [0, 0.1) is 28.4 Å². The molecule has 0 aliphatic rings. The van der Waals surface area contributed by atoms with Crippen LogP contribution in [0.4, 0.5) is 11.4 Å². The maximum absolute atomic E-state index is 12.6. The molecule has 0 atom stereocenters. The molecule has 134 valence electrons. The smallest absolute Gasteiger partial charge is 0.274 e. The number of amides is 1. The van der Waals surface area contributed by atoms with Crippen LogP contribution in [0.3, 0.4) is 0 Å². The van der Waals surface area contributed by atoms with E-state index in [2.05, 4.69) is 11.4 Å². The number of carbonyl (C=O) groups excluding carboxylic acids is 1. The molecule has 0 saturated carbocycles. The van der Waals surface area contributed by atoms with Crippen molar-refractivity contribution in [3.63, 3.8) is 0 Å². The minimum Gasteiger partial charge on any atom is -0.497 e. The molecule has 0 bridgehead atoms. The predicted octanol–water partition coefficient (Wildman–Crippen LogP) is 3.97. The van der Waals surface area contributed by atoms with Crippen molar-refractivity contribution in [1.29, 1.82) is 5.26 Å². The second-order valence-corrected chi connectivity index (χ2v) is 6.40. The highest BCUT2D eigenvalue weighted by atomic mass is 16.6. The molecule has 7 nitrogen and oxygen atoms in total. The van der Waals surface area contributed by atoms with Crippen LogP contribution in [0.15, 0.2) is 36.4 Å². The van der Waals surface area contributed by atoms with Gasteiger partial charge in [0.2, 0.25) is 0 Å². The van der Waals surface area contributed by atoms with Crippen LogP contribution in [0.5, 0.6) is 5.75 Å². The van der Waals surface area contributed by atoms with Gasteiger partial charge < -0.3 is 10.1 Å². The Hall–Kier alpha value is -3.40. The summed E-state index contributed by atoms with van der Waals surface area (Å²) in [6.45, 7) is 5.11. The number of anilines is 1. The molecular formula is C19H19N3O4. The molecule has 0 spiro atoms. The number of benzene rings is 2. The summed E-state index contributed by atoms with van der Waals surface area (Å²) >= 11 is 0. The van der Waals surface area contributed by atoms with Crippen LogP contribution in [-0.2, 0) is 5.41 Å². The van der Waals surface area contributed by atoms with E-state index in [0.29, 0.717) is 28.1 Å². The number of carbonyl (C=O) groups is 1. The predicted molar refractivity (Wildman–Crippen MR) is 97.4 cm³/mol. The van der Waals surface area contributed by atoms with Crippen molar-refractivity contribution in [1.82, 2.24) is 0 Å². The number of nitro groups is 1. The van der Waals surface area contributed by atoms with Gasteiger partial charge in [-0.15, -0.1) is 0 Å². The minimum atomic E-state index is -0.799. The van der Waals surface area contributed by atoms with Gasteiger partial charge in [0.1, 0.15) is 5.75 Å². The second-order valence-electron chi connectivity index (χ2n) is 6.40. The summed E-state index contributed by atoms with van der Waals surface area (Å²) in [6.07, 6.45) is 0. The largest absolute Gasteiger partial charge is 0.497 e. The van der Waals surface area contributed by atoms with Crippen molar-refractivity contribution in [2.45, 2.75) is 26.2 Å². The van der Waals surface area contributed by atoms with Crippen molar-refractivity contribution < 1.29 is 14.5 Å². The van der Waals surface area contributed by atoms with E-state index < -0.39 is 16.2 Å². The Morgan fingerprint density at radius 1 is 1.27 bits per heavy atom. The van der Waals surface area contributed by atoms with Crippen molar-refractivity contribution in [2.24, 2.45) is 0 Å². The Labute approximate surface area is 151 Å². The highest BCUT2D eigenvalue weighted by Crippen LogP contribution is 2.28. The fourth-order valence-electron chi connectivity index (χ4n) is 2.36. The molecule has 1 amide bonds. The van der Waals surface area contributed by atoms with E-state index in [4.69, 9.17) is 4.74 Å². The molecule has 0 aliphatic heterocycles. The first kappa shape index (κ1) is 18.9. The molecule has 1 N–H and O–H groups in total. The summed E-state index contributed by atoms with van der Waals surface area (Å²) in [7, 11) is 1.48. The van der Waals surface area contributed by atoms with Crippen LogP contribution < -0.4 is 10.1 Å². The van der Waals surface area contributed by atoms with Gasteiger partial charge in [-0.1, -0.05) is 6.07 Å². The summed E-state index contributed by atoms with van der Waals surface area (Å²) in [5.74, 6) is 0.00269. The number of nitrogens with zero attached hydrogens (tertiary/aromatic N) is 2. The maximum atomic E-state index is 12.6. The van der Waals surface area contributed by atoms with Crippen molar-refractivity contribution >= 4 is 17.3 Å². The number of methoxy groups -OCH3 is 1. The van der Waals surface area contributed by atoms with Crippen LogP contribution in [0.1, 0.15) is 35.3 Å². The van der Waals surface area contributed by atoms with Crippen LogP contribution >= 0.6 is 0 Å². The summed E-state index contributed by atoms with van der Waals surface area (Å²) in [6, 6.07) is 11.5. The molecule has 26 heavy (non-hydrogen) atoms. The molecule has 2 rings (SSSR count). The fourth-order valence-corrected chi connectivity index (χ4v) is 2.36. The van der Waals surface area contributed by atoms with Crippen molar-refractivity contribution in [3.05, 3.63) is 63.2 Å². The number of ether oxygens (including phenoxy) is 1. The van der Waals surface area contributed by atoms with Crippen LogP contribution in [0.2, 0.25) is 0 Å². The quantitative estimate of drug-likeness (QED) is 0.647. The van der Waals surface area contributed by atoms with Crippen molar-refractivity contribution in [2.75, 3.05) is 12.4 Å². The first-order valence-electron chi connectivity index (χ1n) is 7.85. The number of hydrogen-bond donors (Lipinski definition) is 1. The monoisotopic (exact) mass is 353 g/mol. The average molecular weight is 353 g/mol. The van der Waals surface area contributed by atoms with Gasteiger partial charge in [0.25, 0.3) is 11.6 Å². The van der Waals surface area contributed by atoms with Gasteiger partial charge in [0, 0.05) is 22.9 Å². The topological polar surface area (TPSA) is 105 Å². The number of nitro benzene ring substituents is 1. The molecule has 2 aromatic rings. The summed E-state index contributed by atoms with van der Waals surface area (Å²) < 4.78 is 5.22. The molecule has 0 fully saturated rings. The first-order valence-corrected chi connectivity index (χ1v) is 7.85. The Balaban J connectivity index is 2.39. The SMILES string of the molecule is COc1cc(C(=O)Nc2ccc(C)c([N+](=O)[O-])c2)cc(C(C)(C)C#N)c1. The van der Waals surface area contributed by atoms with Gasteiger partial charge in [0.05, 0.1) is 23.5 Å². The zero-order chi connectivity index (χ0) is 19.5. The normalized spacial score (nSPS) is 10.7. The van der Waals surface area contributed by atoms with E-state index in [1.807, 2.05) is 0 Å². The van der Waals surface area contributed by atoms with Crippen LogP contribution in [-0.4, -0.2) is 17.9 Å². The standard InChI is InChI=1S/C19H19N3O4/c1-12-5-6-15(10-17(12)22(24)25)21-18(23)13-7-14(19(2,3)11-20)9-16(8-13)26-4/h5-10H,1-4H3,(H,21,23). The summed E-state index contributed by atoms with van der Waals surface area (Å²) in [4.78, 5) is 23.1. The summed E-state index contributed by atoms with van der Waals surface area (Å²) in [5, 5.41) is 23.0. The first-order chi connectivity index (χ1) is 12.2. The third-order valence-electron chi connectivity index (χ3n) is 4.07. The number of nitrogens with one attached hydrogen (secondary N) is 1. The molecule has 2 aromatic carbocycles. The van der Waals surface area contributed by atoms with E-state index in [-0.39, 0.29) is 5.69 Å². The highest BCUT2D eigenvalue weighted by molar-refractivity contribution is 6.04. The molecular weight excluding hydrogens is 334 g/mol. The van der Waals surface area contributed by atoms with E-state index >= 15 is 0 Å². The lowest BCUT2D eigenvalue weighted by atomic mass is 9.85. The van der Waals surface area contributed by atoms with Gasteiger partial charge in [-0.25, -0.2) is 0 Å². The number of rotatable bonds is 5. The minimum absolute atomic E-state index is 0.0697. The lowest BCUT2D eigenvalue weighted by Crippen LogP contribution is -2.17. The third-order valence-corrected chi connectivity index (χ3v) is 4.07. The molecule has 7 heteroatoms. The van der Waals surface area contributed by atoms with E-state index in [9.17, 15) is 20.2 Å². The Morgan fingerprint density at radius 2 is 1.96 bits per heavy atom. The van der Waals surface area contributed by atoms with E-state index in [1.54, 1.807) is 51.1 Å². The molecule has 0 saturated heterocycles. The number of nitriles is 1. The Morgan fingerprint density at radius 3 is 2.54 bits per heavy atom. The highest BCUT2D eigenvalue weighted by Gasteiger charge is 2.23. The van der Waals surface area contributed by atoms with E-state index in [1.165, 1.54) is 13.2 Å². The molecule has 0 aromatic heterocycles. The number of hydrogen-bond acceptors (Lipinski definition) is 5. The third kappa shape index (κ3) is 3.98. The van der Waals surface area contributed by atoms with Gasteiger partial charge in [-0.3, -0.25) is 14.9 Å². The lowest BCUT2D eigenvalue weighted by molar-refractivity contribution is -0.385. The number of aryl methyl sites for hydroxylation is 1. The maximum Gasteiger partial charge on any atom is 0.274 e. The lowest BCUT2D eigenvalue weighted by Gasteiger charge is -2.18. The average Bonchev–Trinajstić information content (AvgIpc) is 2.62. The fraction of sp³-hybridized carbons (Fsp3) is 0.263. The molecule has 0 aliphatic carbocycles.